The summed E-state index contributed by atoms with van der Waals surface area (Å²) in [5.74, 6) is 0.556. The van der Waals surface area contributed by atoms with E-state index in [4.69, 9.17) is 17.3 Å². The summed E-state index contributed by atoms with van der Waals surface area (Å²) in [6.07, 6.45) is 3.53. The predicted molar refractivity (Wildman–Crippen MR) is 60.3 cm³/mol. The van der Waals surface area contributed by atoms with Gasteiger partial charge in [-0.1, -0.05) is 37.1 Å². The van der Waals surface area contributed by atoms with Crippen molar-refractivity contribution in [2.45, 2.75) is 31.7 Å². The van der Waals surface area contributed by atoms with Crippen molar-refractivity contribution in [2.75, 3.05) is 0 Å². The lowest BCUT2D eigenvalue weighted by atomic mass is 9.82. The first-order valence-corrected chi connectivity index (χ1v) is 5.55. The third-order valence-corrected chi connectivity index (χ3v) is 3.70. The summed E-state index contributed by atoms with van der Waals surface area (Å²) in [5.41, 5.74) is 7.48. The Morgan fingerprint density at radius 3 is 2.86 bits per heavy atom. The van der Waals surface area contributed by atoms with Crippen molar-refractivity contribution in [1.82, 2.24) is 0 Å². The zero-order chi connectivity index (χ0) is 10.2. The molecule has 0 amide bonds. The smallest absolute Gasteiger partial charge is 0.0436 e. The van der Waals surface area contributed by atoms with Gasteiger partial charge in [0.05, 0.1) is 0 Å². The van der Waals surface area contributed by atoms with Crippen LogP contribution in [0.4, 0.5) is 0 Å². The van der Waals surface area contributed by atoms with Gasteiger partial charge in [0, 0.05) is 10.6 Å². The minimum Gasteiger partial charge on any atom is -0.321 e. The monoisotopic (exact) mass is 209 g/mol. The molecular formula is C12H16ClN. The average Bonchev–Trinajstić information content (AvgIpc) is 2.49. The molecule has 0 bridgehead atoms. The molecule has 2 N–H and O–H groups in total. The molecule has 2 atom stereocenters. The minimum atomic E-state index is -0.148. The number of nitrogens with two attached hydrogens (primary N) is 1. The van der Waals surface area contributed by atoms with Crippen molar-refractivity contribution in [2.24, 2.45) is 11.7 Å². The highest BCUT2D eigenvalue weighted by molar-refractivity contribution is 6.30. The normalized spacial score (nSPS) is 32.1. The van der Waals surface area contributed by atoms with E-state index in [1.54, 1.807) is 0 Å². The molecule has 14 heavy (non-hydrogen) atoms. The number of rotatable bonds is 1. The highest BCUT2D eigenvalue weighted by atomic mass is 35.5. The first-order chi connectivity index (χ1) is 6.63. The maximum Gasteiger partial charge on any atom is 0.0436 e. The second kappa shape index (κ2) is 3.56. The van der Waals surface area contributed by atoms with E-state index < -0.39 is 0 Å². The van der Waals surface area contributed by atoms with E-state index in [-0.39, 0.29) is 5.54 Å². The predicted octanol–water partition coefficient (Wildman–Crippen LogP) is 3.31. The third-order valence-electron chi connectivity index (χ3n) is 3.47. The molecule has 0 heterocycles. The number of benzene rings is 1. The number of hydrogen-bond acceptors (Lipinski definition) is 1. The fraction of sp³-hybridized carbons (Fsp3) is 0.500. The second-order valence-electron chi connectivity index (χ2n) is 4.34. The fourth-order valence-electron chi connectivity index (χ4n) is 2.41. The molecule has 1 aliphatic rings. The molecule has 2 rings (SSSR count). The second-order valence-corrected chi connectivity index (χ2v) is 4.78. The Morgan fingerprint density at radius 2 is 2.29 bits per heavy atom. The van der Waals surface area contributed by atoms with E-state index >= 15 is 0 Å². The van der Waals surface area contributed by atoms with E-state index in [1.165, 1.54) is 18.4 Å². The molecule has 0 radical (unpaired) electrons. The Morgan fingerprint density at radius 1 is 1.50 bits per heavy atom. The van der Waals surface area contributed by atoms with Gasteiger partial charge >= 0.3 is 0 Å². The van der Waals surface area contributed by atoms with Gasteiger partial charge < -0.3 is 5.73 Å². The molecule has 2 heteroatoms. The zero-order valence-corrected chi connectivity index (χ0v) is 9.22. The van der Waals surface area contributed by atoms with Crippen molar-refractivity contribution in [3.8, 4) is 0 Å². The van der Waals surface area contributed by atoms with Crippen LogP contribution in [0.15, 0.2) is 24.3 Å². The standard InChI is InChI=1S/C12H16ClN/c1-9-4-3-7-12(9,14)10-5-2-6-11(13)8-10/h2,5-6,8-9H,3-4,7,14H2,1H3. The summed E-state index contributed by atoms with van der Waals surface area (Å²) in [5, 5.41) is 0.784. The van der Waals surface area contributed by atoms with Crippen molar-refractivity contribution in [1.29, 1.82) is 0 Å². The molecular weight excluding hydrogens is 194 g/mol. The molecule has 1 fully saturated rings. The topological polar surface area (TPSA) is 26.0 Å². The molecule has 1 saturated carbocycles. The van der Waals surface area contributed by atoms with E-state index in [0.29, 0.717) is 5.92 Å². The highest BCUT2D eigenvalue weighted by Crippen LogP contribution is 2.41. The molecule has 0 aliphatic heterocycles. The highest BCUT2D eigenvalue weighted by Gasteiger charge is 2.37. The quantitative estimate of drug-likeness (QED) is 0.755. The molecule has 1 nitrogen and oxygen atoms in total. The van der Waals surface area contributed by atoms with E-state index in [9.17, 15) is 0 Å². The summed E-state index contributed by atoms with van der Waals surface area (Å²) < 4.78 is 0. The van der Waals surface area contributed by atoms with Crippen LogP contribution < -0.4 is 5.73 Å². The molecule has 1 aliphatic carbocycles. The summed E-state index contributed by atoms with van der Waals surface area (Å²) in [6, 6.07) is 7.97. The van der Waals surface area contributed by atoms with Crippen molar-refractivity contribution >= 4 is 11.6 Å². The van der Waals surface area contributed by atoms with Gasteiger partial charge in [-0.25, -0.2) is 0 Å². The van der Waals surface area contributed by atoms with Gasteiger partial charge in [0.2, 0.25) is 0 Å². The zero-order valence-electron chi connectivity index (χ0n) is 8.46. The number of hydrogen-bond donors (Lipinski definition) is 1. The van der Waals surface area contributed by atoms with E-state index in [0.717, 1.165) is 11.4 Å². The SMILES string of the molecule is CC1CCCC1(N)c1cccc(Cl)c1. The maximum absolute atomic E-state index is 6.43. The summed E-state index contributed by atoms with van der Waals surface area (Å²) in [7, 11) is 0. The Labute approximate surface area is 90.3 Å². The summed E-state index contributed by atoms with van der Waals surface area (Å²) in [6.45, 7) is 2.23. The first-order valence-electron chi connectivity index (χ1n) is 5.18. The van der Waals surface area contributed by atoms with E-state index in [2.05, 4.69) is 13.0 Å². The summed E-state index contributed by atoms with van der Waals surface area (Å²) >= 11 is 5.98. The van der Waals surface area contributed by atoms with Crippen LogP contribution in [0.2, 0.25) is 5.02 Å². The lowest BCUT2D eigenvalue weighted by Crippen LogP contribution is -2.38. The molecule has 0 spiro atoms. The van der Waals surface area contributed by atoms with Crippen LogP contribution in [0, 0.1) is 5.92 Å². The Bertz CT molecular complexity index is 337. The van der Waals surface area contributed by atoms with Crippen LogP contribution >= 0.6 is 11.6 Å². The maximum atomic E-state index is 6.43. The van der Waals surface area contributed by atoms with Gasteiger partial charge in [0.15, 0.2) is 0 Å². The van der Waals surface area contributed by atoms with E-state index in [1.807, 2.05) is 18.2 Å². The van der Waals surface area contributed by atoms with Crippen LogP contribution in [0.1, 0.15) is 31.7 Å². The average molecular weight is 210 g/mol. The van der Waals surface area contributed by atoms with Gasteiger partial charge in [-0.15, -0.1) is 0 Å². The summed E-state index contributed by atoms with van der Waals surface area (Å²) in [4.78, 5) is 0. The molecule has 0 aromatic heterocycles. The molecule has 1 aromatic rings. The van der Waals surface area contributed by atoms with Crippen molar-refractivity contribution in [3.63, 3.8) is 0 Å². The van der Waals surface area contributed by atoms with Gasteiger partial charge in [-0.2, -0.15) is 0 Å². The third kappa shape index (κ3) is 1.55. The van der Waals surface area contributed by atoms with Crippen LogP contribution in [-0.2, 0) is 5.54 Å². The van der Waals surface area contributed by atoms with Gasteiger partial charge in [0.25, 0.3) is 0 Å². The van der Waals surface area contributed by atoms with Crippen LogP contribution in [0.3, 0.4) is 0 Å². The Hall–Kier alpha value is -0.530. The van der Waals surface area contributed by atoms with Crippen molar-refractivity contribution in [3.05, 3.63) is 34.9 Å². The van der Waals surface area contributed by atoms with Crippen molar-refractivity contribution < 1.29 is 0 Å². The Kier molecular flexibility index (Phi) is 2.54. The lowest BCUT2D eigenvalue weighted by Gasteiger charge is -2.29. The Balaban J connectivity index is 2.38. The van der Waals surface area contributed by atoms with Crippen LogP contribution in [0.25, 0.3) is 0 Å². The van der Waals surface area contributed by atoms with Gasteiger partial charge in [0.1, 0.15) is 0 Å². The molecule has 1 aromatic carbocycles. The molecule has 2 unspecified atom stereocenters. The van der Waals surface area contributed by atoms with Crippen LogP contribution in [0.5, 0.6) is 0 Å². The van der Waals surface area contributed by atoms with Gasteiger partial charge in [-0.3, -0.25) is 0 Å². The fourth-order valence-corrected chi connectivity index (χ4v) is 2.60. The van der Waals surface area contributed by atoms with Crippen LogP contribution in [-0.4, -0.2) is 0 Å². The largest absolute Gasteiger partial charge is 0.321 e. The minimum absolute atomic E-state index is 0.148. The lowest BCUT2D eigenvalue weighted by molar-refractivity contribution is 0.349. The first kappa shape index (κ1) is 10.0. The molecule has 76 valence electrons. The molecule has 0 saturated heterocycles. The number of halogens is 1. The van der Waals surface area contributed by atoms with Gasteiger partial charge in [-0.05, 0) is 36.5 Å².